The van der Waals surface area contributed by atoms with E-state index in [9.17, 15) is 9.90 Å². The number of para-hydroxylation sites is 2. The molecule has 0 aliphatic rings. The van der Waals surface area contributed by atoms with Crippen LogP contribution in [-0.4, -0.2) is 38.6 Å². The van der Waals surface area contributed by atoms with Crippen LogP contribution < -0.4 is 15.4 Å². The maximum atomic E-state index is 12.3. The fraction of sp³-hybridized carbons (Fsp3) is 0.174. The number of carbonyl (C=O) groups is 1. The van der Waals surface area contributed by atoms with Crippen molar-refractivity contribution >= 4 is 23.4 Å². The number of nitrogens with one attached hydrogen (secondary N) is 2. The highest BCUT2D eigenvalue weighted by Gasteiger charge is 2.18. The average molecular weight is 466 g/mol. The van der Waals surface area contributed by atoms with E-state index in [2.05, 4.69) is 20.8 Å². The van der Waals surface area contributed by atoms with Crippen LogP contribution in [0, 0.1) is 0 Å². The molecule has 0 spiro atoms. The molecule has 0 radical (unpaired) electrons. The number of methoxy groups -OCH3 is 1. The second kappa shape index (κ2) is 10.6. The minimum Gasteiger partial charge on any atom is -0.508 e. The minimum absolute atomic E-state index is 0.144. The molecule has 0 saturated carbocycles. The Hall–Kier alpha value is -3.92. The number of aromatic hydroxyl groups is 1. The molecule has 1 amide bonds. The van der Waals surface area contributed by atoms with E-state index < -0.39 is 0 Å². The first-order valence-electron chi connectivity index (χ1n) is 10.2. The molecule has 10 heteroatoms. The molecule has 0 aliphatic heterocycles. The Kier molecular flexibility index (Phi) is 7.16. The highest BCUT2D eigenvalue weighted by atomic mass is 32.2. The summed E-state index contributed by atoms with van der Waals surface area (Å²) in [5.74, 6) is 2.21. The third kappa shape index (κ3) is 5.66. The fourth-order valence-electron chi connectivity index (χ4n) is 3.11. The van der Waals surface area contributed by atoms with Crippen LogP contribution >= 0.6 is 11.8 Å². The van der Waals surface area contributed by atoms with Gasteiger partial charge < -0.3 is 24.9 Å². The summed E-state index contributed by atoms with van der Waals surface area (Å²) in [5, 5.41) is 24.8. The average Bonchev–Trinajstić information content (AvgIpc) is 3.51. The van der Waals surface area contributed by atoms with E-state index in [0.29, 0.717) is 35.6 Å². The van der Waals surface area contributed by atoms with Gasteiger partial charge in [0.1, 0.15) is 17.3 Å². The first kappa shape index (κ1) is 22.3. The lowest BCUT2D eigenvalue weighted by atomic mass is 10.3. The van der Waals surface area contributed by atoms with Crippen molar-refractivity contribution in [2.24, 2.45) is 0 Å². The van der Waals surface area contributed by atoms with E-state index in [-0.39, 0.29) is 17.4 Å². The number of hydrogen-bond donors (Lipinski definition) is 3. The molecular formula is C23H23N5O4S. The van der Waals surface area contributed by atoms with Crippen LogP contribution in [0.15, 0.2) is 76.5 Å². The number of hydrogen-bond acceptors (Lipinski definition) is 8. The summed E-state index contributed by atoms with van der Waals surface area (Å²) in [6, 6.07) is 17.9. The SMILES string of the molecule is COc1ccccc1-n1c(CNc2ccc(O)cc2)nnc1SCC(=O)NCc1ccco1. The van der Waals surface area contributed by atoms with Crippen LogP contribution in [0.5, 0.6) is 11.5 Å². The largest absolute Gasteiger partial charge is 0.508 e. The smallest absolute Gasteiger partial charge is 0.230 e. The van der Waals surface area contributed by atoms with E-state index in [1.165, 1.54) is 11.8 Å². The van der Waals surface area contributed by atoms with Crippen molar-refractivity contribution in [1.82, 2.24) is 20.1 Å². The molecule has 33 heavy (non-hydrogen) atoms. The van der Waals surface area contributed by atoms with Gasteiger partial charge in [-0.25, -0.2) is 0 Å². The van der Waals surface area contributed by atoms with Gasteiger partial charge in [-0.05, 0) is 48.5 Å². The quantitative estimate of drug-likeness (QED) is 0.240. The Balaban J connectivity index is 1.51. The molecule has 0 saturated heterocycles. The molecule has 0 fully saturated rings. The van der Waals surface area contributed by atoms with Crippen molar-refractivity contribution in [2.75, 3.05) is 18.2 Å². The molecule has 0 unspecified atom stereocenters. The van der Waals surface area contributed by atoms with Gasteiger partial charge in [0.15, 0.2) is 11.0 Å². The number of ether oxygens (including phenoxy) is 1. The Morgan fingerprint density at radius 2 is 1.91 bits per heavy atom. The van der Waals surface area contributed by atoms with Gasteiger partial charge >= 0.3 is 0 Å². The highest BCUT2D eigenvalue weighted by Crippen LogP contribution is 2.29. The van der Waals surface area contributed by atoms with Crippen LogP contribution in [0.2, 0.25) is 0 Å². The summed E-state index contributed by atoms with van der Waals surface area (Å²) >= 11 is 1.28. The molecule has 4 aromatic rings. The molecule has 2 heterocycles. The van der Waals surface area contributed by atoms with Crippen LogP contribution in [-0.2, 0) is 17.9 Å². The van der Waals surface area contributed by atoms with E-state index in [4.69, 9.17) is 9.15 Å². The molecule has 0 aliphatic carbocycles. The zero-order valence-corrected chi connectivity index (χ0v) is 18.7. The lowest BCUT2D eigenvalue weighted by molar-refractivity contribution is -0.118. The Morgan fingerprint density at radius 1 is 1.09 bits per heavy atom. The molecule has 2 aromatic heterocycles. The second-order valence-corrected chi connectivity index (χ2v) is 7.89. The Morgan fingerprint density at radius 3 is 2.67 bits per heavy atom. The lowest BCUT2D eigenvalue weighted by Gasteiger charge is -2.14. The van der Waals surface area contributed by atoms with Crippen molar-refractivity contribution < 1.29 is 19.1 Å². The summed E-state index contributed by atoms with van der Waals surface area (Å²) < 4.78 is 12.6. The van der Waals surface area contributed by atoms with Gasteiger partial charge in [-0.15, -0.1) is 10.2 Å². The third-order valence-corrected chi connectivity index (χ3v) is 5.65. The van der Waals surface area contributed by atoms with E-state index in [1.807, 2.05) is 28.8 Å². The summed E-state index contributed by atoms with van der Waals surface area (Å²) in [5.41, 5.74) is 1.60. The molecule has 4 rings (SSSR count). The van der Waals surface area contributed by atoms with Crippen LogP contribution in [0.4, 0.5) is 5.69 Å². The van der Waals surface area contributed by atoms with Crippen LogP contribution in [0.25, 0.3) is 5.69 Å². The van der Waals surface area contributed by atoms with Gasteiger partial charge in [-0.1, -0.05) is 23.9 Å². The molecule has 9 nitrogen and oxygen atoms in total. The Bertz CT molecular complexity index is 1190. The van der Waals surface area contributed by atoms with Gasteiger partial charge in [-0.2, -0.15) is 0 Å². The number of nitrogens with zero attached hydrogens (tertiary/aromatic N) is 3. The van der Waals surface area contributed by atoms with Crippen LogP contribution in [0.3, 0.4) is 0 Å². The zero-order chi connectivity index (χ0) is 23.0. The summed E-state index contributed by atoms with van der Waals surface area (Å²) in [7, 11) is 1.60. The number of furan rings is 1. The monoisotopic (exact) mass is 465 g/mol. The van der Waals surface area contributed by atoms with E-state index >= 15 is 0 Å². The van der Waals surface area contributed by atoms with Gasteiger partial charge in [0.2, 0.25) is 5.91 Å². The Labute approximate surface area is 194 Å². The normalized spacial score (nSPS) is 10.7. The molecule has 2 aromatic carbocycles. The number of carbonyl (C=O) groups excluding carboxylic acids is 1. The molecule has 3 N–H and O–H groups in total. The molecule has 0 atom stereocenters. The van der Waals surface area contributed by atoms with Gasteiger partial charge in [0.25, 0.3) is 0 Å². The summed E-state index contributed by atoms with van der Waals surface area (Å²) in [4.78, 5) is 12.3. The van der Waals surface area contributed by atoms with Crippen molar-refractivity contribution in [3.63, 3.8) is 0 Å². The third-order valence-electron chi connectivity index (χ3n) is 4.72. The van der Waals surface area contributed by atoms with Crippen molar-refractivity contribution in [1.29, 1.82) is 0 Å². The zero-order valence-electron chi connectivity index (χ0n) is 17.9. The van der Waals surface area contributed by atoms with Gasteiger partial charge in [0, 0.05) is 5.69 Å². The number of aromatic nitrogens is 3. The van der Waals surface area contributed by atoms with Gasteiger partial charge in [-0.3, -0.25) is 9.36 Å². The summed E-state index contributed by atoms with van der Waals surface area (Å²) in [6.45, 7) is 0.703. The summed E-state index contributed by atoms with van der Waals surface area (Å²) in [6.07, 6.45) is 1.57. The first-order chi connectivity index (χ1) is 16.1. The van der Waals surface area contributed by atoms with Crippen molar-refractivity contribution in [2.45, 2.75) is 18.2 Å². The molecule has 170 valence electrons. The number of benzene rings is 2. The van der Waals surface area contributed by atoms with Crippen molar-refractivity contribution in [3.8, 4) is 17.2 Å². The standard InChI is InChI=1S/C23H23N5O4S/c1-31-20-7-3-2-6-19(20)28-21(14-24-16-8-10-17(29)11-9-16)26-27-23(28)33-15-22(30)25-13-18-5-4-12-32-18/h2-12,24,29H,13-15H2,1H3,(H,25,30). The van der Waals surface area contributed by atoms with E-state index in [0.717, 1.165) is 11.4 Å². The predicted octanol–water partition coefficient (Wildman–Crippen LogP) is 3.60. The maximum Gasteiger partial charge on any atom is 0.230 e. The number of rotatable bonds is 10. The number of thioether (sulfide) groups is 1. The lowest BCUT2D eigenvalue weighted by Crippen LogP contribution is -2.24. The topological polar surface area (TPSA) is 114 Å². The first-order valence-corrected chi connectivity index (χ1v) is 11.1. The van der Waals surface area contributed by atoms with Gasteiger partial charge in [0.05, 0.1) is 37.9 Å². The van der Waals surface area contributed by atoms with Crippen LogP contribution in [0.1, 0.15) is 11.6 Å². The predicted molar refractivity (Wildman–Crippen MR) is 125 cm³/mol. The van der Waals surface area contributed by atoms with Crippen molar-refractivity contribution in [3.05, 3.63) is 78.5 Å². The number of amides is 1. The molecular weight excluding hydrogens is 442 g/mol. The number of anilines is 1. The molecule has 0 bridgehead atoms. The second-order valence-electron chi connectivity index (χ2n) is 6.95. The fourth-order valence-corrected chi connectivity index (χ4v) is 3.90. The van der Waals surface area contributed by atoms with E-state index in [1.54, 1.807) is 49.8 Å². The maximum absolute atomic E-state index is 12.3. The minimum atomic E-state index is -0.144. The highest BCUT2D eigenvalue weighted by molar-refractivity contribution is 7.99. The number of phenolic OH excluding ortho intramolecular Hbond substituents is 1. The number of phenols is 1.